The third-order valence-electron chi connectivity index (χ3n) is 4.69. The van der Waals surface area contributed by atoms with Gasteiger partial charge in [0.2, 0.25) is 6.79 Å². The van der Waals surface area contributed by atoms with Crippen molar-refractivity contribution in [3.63, 3.8) is 0 Å². The number of hydrogen-bond donors (Lipinski definition) is 2. The predicted octanol–water partition coefficient (Wildman–Crippen LogP) is 2.89. The number of ether oxygens (including phenoxy) is 2. The van der Waals surface area contributed by atoms with Gasteiger partial charge in [-0.2, -0.15) is 0 Å². The molecule has 1 heterocycles. The molecule has 4 rings (SSSR count). The second-order valence-electron chi connectivity index (χ2n) is 5.95. The fraction of sp³-hybridized carbons (Fsp3) is 0.533. The molecular weight excluding hydrogens is 272 g/mol. The zero-order valence-corrected chi connectivity index (χ0v) is 12.0. The maximum absolute atomic E-state index is 5.42. The highest BCUT2D eigenvalue weighted by Crippen LogP contribution is 2.44. The van der Waals surface area contributed by atoms with Gasteiger partial charge in [-0.1, -0.05) is 6.42 Å². The third-order valence-corrected chi connectivity index (χ3v) is 4.90. The average Bonchev–Trinajstić information content (AvgIpc) is 3.13. The molecule has 3 aliphatic rings. The second-order valence-corrected chi connectivity index (χ2v) is 6.36. The van der Waals surface area contributed by atoms with Crippen molar-refractivity contribution < 1.29 is 9.47 Å². The SMILES string of the molecule is S=C(Nc1ccc2c(c1)OCO2)N[C@H]1C[C@H]2CC[C@H]1C2. The van der Waals surface area contributed by atoms with Gasteiger partial charge in [-0.3, -0.25) is 0 Å². The lowest BCUT2D eigenvalue weighted by molar-refractivity contribution is 0.174. The van der Waals surface area contributed by atoms with Gasteiger partial charge in [0.25, 0.3) is 0 Å². The van der Waals surface area contributed by atoms with Crippen LogP contribution in [0.4, 0.5) is 5.69 Å². The van der Waals surface area contributed by atoms with Crippen LogP contribution in [-0.4, -0.2) is 17.9 Å². The normalized spacial score (nSPS) is 29.5. The van der Waals surface area contributed by atoms with Crippen molar-refractivity contribution in [1.82, 2.24) is 5.32 Å². The van der Waals surface area contributed by atoms with E-state index in [9.17, 15) is 0 Å². The van der Waals surface area contributed by atoms with Crippen LogP contribution in [0.25, 0.3) is 0 Å². The standard InChI is InChI=1S/C15H18N2O2S/c20-15(17-12-6-9-1-2-10(12)5-9)16-11-3-4-13-14(7-11)19-8-18-13/h3-4,7,9-10,12H,1-2,5-6,8H2,(H2,16,17,20)/t9-,10-,12-/m0/s1. The molecule has 3 atom stereocenters. The van der Waals surface area contributed by atoms with Crippen molar-refractivity contribution >= 4 is 23.0 Å². The minimum atomic E-state index is 0.298. The third kappa shape index (κ3) is 2.20. The van der Waals surface area contributed by atoms with Crippen LogP contribution in [0.5, 0.6) is 11.5 Å². The molecule has 1 aromatic carbocycles. The van der Waals surface area contributed by atoms with Crippen molar-refractivity contribution in [3.05, 3.63) is 18.2 Å². The first kappa shape index (κ1) is 12.3. The van der Waals surface area contributed by atoms with Gasteiger partial charge < -0.3 is 20.1 Å². The zero-order chi connectivity index (χ0) is 13.5. The van der Waals surface area contributed by atoms with Gasteiger partial charge in [-0.25, -0.2) is 0 Å². The Bertz CT molecular complexity index is 549. The average molecular weight is 290 g/mol. The number of fused-ring (bicyclic) bond motifs is 3. The fourth-order valence-electron chi connectivity index (χ4n) is 3.73. The summed E-state index contributed by atoms with van der Waals surface area (Å²) in [6.45, 7) is 0.298. The molecule has 2 fully saturated rings. The van der Waals surface area contributed by atoms with Crippen LogP contribution in [0.3, 0.4) is 0 Å². The summed E-state index contributed by atoms with van der Waals surface area (Å²) in [5, 5.41) is 7.43. The van der Waals surface area contributed by atoms with Crippen LogP contribution in [0.2, 0.25) is 0 Å². The van der Waals surface area contributed by atoms with Crippen LogP contribution in [0.1, 0.15) is 25.7 Å². The zero-order valence-electron chi connectivity index (χ0n) is 11.2. The summed E-state index contributed by atoms with van der Waals surface area (Å²) < 4.78 is 10.7. The molecule has 106 valence electrons. The molecule has 0 spiro atoms. The van der Waals surface area contributed by atoms with Crippen LogP contribution >= 0.6 is 12.2 Å². The molecule has 1 aliphatic heterocycles. The summed E-state index contributed by atoms with van der Waals surface area (Å²) in [7, 11) is 0. The van der Waals surface area contributed by atoms with Gasteiger partial charge in [0, 0.05) is 17.8 Å². The Morgan fingerprint density at radius 1 is 1.15 bits per heavy atom. The number of hydrogen-bond acceptors (Lipinski definition) is 3. The molecule has 0 saturated heterocycles. The highest BCUT2D eigenvalue weighted by atomic mass is 32.1. The number of nitrogens with one attached hydrogen (secondary N) is 2. The number of thiocarbonyl (C=S) groups is 1. The van der Waals surface area contributed by atoms with Gasteiger partial charge >= 0.3 is 0 Å². The van der Waals surface area contributed by atoms with E-state index in [4.69, 9.17) is 21.7 Å². The van der Waals surface area contributed by atoms with Crippen LogP contribution < -0.4 is 20.1 Å². The van der Waals surface area contributed by atoms with Crippen LogP contribution in [-0.2, 0) is 0 Å². The number of anilines is 1. The molecule has 4 nitrogen and oxygen atoms in total. The van der Waals surface area contributed by atoms with Crippen LogP contribution in [0, 0.1) is 11.8 Å². The Labute approximate surface area is 123 Å². The van der Waals surface area contributed by atoms with Gasteiger partial charge in [0.05, 0.1) is 0 Å². The largest absolute Gasteiger partial charge is 0.454 e. The maximum atomic E-state index is 5.42. The molecule has 0 aromatic heterocycles. The van der Waals surface area contributed by atoms with E-state index in [1.165, 1.54) is 25.7 Å². The van der Waals surface area contributed by atoms with Crippen molar-refractivity contribution in [1.29, 1.82) is 0 Å². The molecule has 2 saturated carbocycles. The summed E-state index contributed by atoms with van der Waals surface area (Å²) in [5.41, 5.74) is 0.940. The molecule has 1 aromatic rings. The van der Waals surface area contributed by atoms with E-state index in [1.54, 1.807) is 0 Å². The molecule has 2 N–H and O–H groups in total. The Morgan fingerprint density at radius 3 is 2.85 bits per heavy atom. The quantitative estimate of drug-likeness (QED) is 0.820. The second kappa shape index (κ2) is 4.81. The molecular formula is C15H18N2O2S. The van der Waals surface area contributed by atoms with E-state index < -0.39 is 0 Å². The molecule has 0 unspecified atom stereocenters. The molecule has 2 bridgehead atoms. The first-order chi connectivity index (χ1) is 9.78. The molecule has 0 radical (unpaired) electrons. The number of benzene rings is 1. The van der Waals surface area contributed by atoms with Gasteiger partial charge in [-0.05, 0) is 55.4 Å². The highest BCUT2D eigenvalue weighted by molar-refractivity contribution is 7.80. The molecule has 2 aliphatic carbocycles. The lowest BCUT2D eigenvalue weighted by Crippen LogP contribution is -2.40. The lowest BCUT2D eigenvalue weighted by Gasteiger charge is -2.24. The van der Waals surface area contributed by atoms with Crippen molar-refractivity contribution in [2.45, 2.75) is 31.7 Å². The maximum Gasteiger partial charge on any atom is 0.231 e. The Hall–Kier alpha value is -1.49. The summed E-state index contributed by atoms with van der Waals surface area (Å²) >= 11 is 5.42. The van der Waals surface area contributed by atoms with E-state index in [-0.39, 0.29) is 0 Å². The topological polar surface area (TPSA) is 42.5 Å². The molecule has 20 heavy (non-hydrogen) atoms. The minimum Gasteiger partial charge on any atom is -0.454 e. The molecule has 0 amide bonds. The highest BCUT2D eigenvalue weighted by Gasteiger charge is 2.39. The van der Waals surface area contributed by atoms with Gasteiger partial charge in [-0.15, -0.1) is 0 Å². The van der Waals surface area contributed by atoms with Crippen LogP contribution in [0.15, 0.2) is 18.2 Å². The summed E-state index contributed by atoms with van der Waals surface area (Å²) in [6, 6.07) is 6.35. The summed E-state index contributed by atoms with van der Waals surface area (Å²) in [6.07, 6.45) is 5.41. The van der Waals surface area contributed by atoms with Gasteiger partial charge in [0.15, 0.2) is 16.6 Å². The lowest BCUT2D eigenvalue weighted by atomic mass is 9.96. The predicted molar refractivity (Wildman–Crippen MR) is 81.2 cm³/mol. The minimum absolute atomic E-state index is 0.298. The smallest absolute Gasteiger partial charge is 0.231 e. The van der Waals surface area contributed by atoms with E-state index >= 15 is 0 Å². The summed E-state index contributed by atoms with van der Waals surface area (Å²) in [4.78, 5) is 0. The monoisotopic (exact) mass is 290 g/mol. The fourth-order valence-corrected chi connectivity index (χ4v) is 4.00. The molecule has 5 heteroatoms. The van der Waals surface area contributed by atoms with E-state index in [0.29, 0.717) is 17.9 Å². The van der Waals surface area contributed by atoms with E-state index in [1.807, 2.05) is 18.2 Å². The first-order valence-electron chi connectivity index (χ1n) is 7.25. The Balaban J connectivity index is 1.38. The number of rotatable bonds is 2. The Morgan fingerprint density at radius 2 is 2.05 bits per heavy atom. The van der Waals surface area contributed by atoms with Crippen molar-refractivity contribution in [3.8, 4) is 11.5 Å². The van der Waals surface area contributed by atoms with Gasteiger partial charge in [0.1, 0.15) is 0 Å². The summed E-state index contributed by atoms with van der Waals surface area (Å²) in [5.74, 6) is 3.31. The van der Waals surface area contributed by atoms with E-state index in [0.717, 1.165) is 29.0 Å². The van der Waals surface area contributed by atoms with E-state index in [2.05, 4.69) is 10.6 Å². The Kier molecular flexibility index (Phi) is 2.95. The van der Waals surface area contributed by atoms with Crippen molar-refractivity contribution in [2.75, 3.05) is 12.1 Å². The van der Waals surface area contributed by atoms with Crippen molar-refractivity contribution in [2.24, 2.45) is 11.8 Å². The first-order valence-corrected chi connectivity index (χ1v) is 7.66.